The van der Waals surface area contributed by atoms with Gasteiger partial charge in [-0.25, -0.2) is 14.5 Å². The Morgan fingerprint density at radius 2 is 2.22 bits per heavy atom. The smallest absolute Gasteiger partial charge is 0.328 e. The van der Waals surface area contributed by atoms with E-state index >= 15 is 0 Å². The average Bonchev–Trinajstić information content (AvgIpc) is 3.13. The molecule has 0 bridgehead atoms. The van der Waals surface area contributed by atoms with Crippen molar-refractivity contribution in [2.24, 2.45) is 5.92 Å². The van der Waals surface area contributed by atoms with E-state index in [0.717, 1.165) is 24.5 Å². The molecule has 1 saturated carbocycles. The molecule has 0 spiro atoms. The fourth-order valence-electron chi connectivity index (χ4n) is 2.45. The number of rotatable bonds is 5. The van der Waals surface area contributed by atoms with Crippen LogP contribution >= 0.6 is 0 Å². The van der Waals surface area contributed by atoms with E-state index in [2.05, 4.69) is 15.4 Å². The van der Waals surface area contributed by atoms with Gasteiger partial charge in [-0.05, 0) is 39.7 Å². The highest BCUT2D eigenvalue weighted by Crippen LogP contribution is 2.41. The third kappa shape index (κ3) is 2.12. The molecule has 1 aliphatic rings. The minimum atomic E-state index is -0.681. The van der Waals surface area contributed by atoms with Crippen LogP contribution < -0.4 is 5.32 Å². The summed E-state index contributed by atoms with van der Waals surface area (Å²) in [5, 5.41) is 7.48. The molecular weight excluding hydrogens is 232 g/mol. The van der Waals surface area contributed by atoms with Gasteiger partial charge in [-0.15, -0.1) is 0 Å². The van der Waals surface area contributed by atoms with Crippen LogP contribution in [0.4, 0.5) is 0 Å². The summed E-state index contributed by atoms with van der Waals surface area (Å²) in [5.41, 5.74) is -0.681. The summed E-state index contributed by atoms with van der Waals surface area (Å²) in [5.74, 6) is 1.63. The maximum absolute atomic E-state index is 12.1. The van der Waals surface area contributed by atoms with E-state index in [9.17, 15) is 4.79 Å². The normalized spacial score (nSPS) is 18.4. The molecule has 1 aliphatic carbocycles. The van der Waals surface area contributed by atoms with E-state index in [1.807, 2.05) is 13.8 Å². The van der Waals surface area contributed by atoms with Crippen LogP contribution in [0, 0.1) is 19.8 Å². The van der Waals surface area contributed by atoms with Gasteiger partial charge in [0.1, 0.15) is 17.2 Å². The molecule has 0 saturated heterocycles. The van der Waals surface area contributed by atoms with E-state index in [1.54, 1.807) is 11.7 Å². The van der Waals surface area contributed by atoms with Crippen molar-refractivity contribution in [1.82, 2.24) is 20.1 Å². The number of carbonyl (C=O) groups is 1. The average molecular weight is 252 g/mol. The summed E-state index contributed by atoms with van der Waals surface area (Å²) in [6.45, 7) is 4.21. The number of hydrogen-bond donors (Lipinski definition) is 1. The zero-order valence-electron chi connectivity index (χ0n) is 11.4. The number of aryl methyl sites for hydroxylation is 2. The molecule has 1 heterocycles. The predicted octanol–water partition coefficient (Wildman–Crippen LogP) is 0.436. The van der Waals surface area contributed by atoms with Crippen molar-refractivity contribution in [3.05, 3.63) is 11.6 Å². The standard InChI is InChI=1S/C12H20N4O2/c1-8-14-9(2)16(15-8)7-12(13-3,10-5-6-10)11(17)18-4/h10,13H,5-7H2,1-4H3. The second-order valence-corrected chi connectivity index (χ2v) is 4.85. The summed E-state index contributed by atoms with van der Waals surface area (Å²) in [6, 6.07) is 0. The van der Waals surface area contributed by atoms with Gasteiger partial charge in [0.2, 0.25) is 0 Å². The van der Waals surface area contributed by atoms with Crippen molar-refractivity contribution in [1.29, 1.82) is 0 Å². The van der Waals surface area contributed by atoms with Crippen LogP contribution in [-0.4, -0.2) is 40.4 Å². The van der Waals surface area contributed by atoms with Gasteiger partial charge in [-0.3, -0.25) is 0 Å². The first-order valence-electron chi connectivity index (χ1n) is 6.19. The van der Waals surface area contributed by atoms with Crippen molar-refractivity contribution >= 4 is 5.97 Å². The van der Waals surface area contributed by atoms with Gasteiger partial charge < -0.3 is 10.1 Å². The number of ether oxygens (including phenoxy) is 1. The molecule has 1 fully saturated rings. The Labute approximate surface area is 107 Å². The summed E-state index contributed by atoms with van der Waals surface area (Å²) in [4.78, 5) is 16.4. The molecule has 1 aromatic heterocycles. The van der Waals surface area contributed by atoms with E-state index in [1.165, 1.54) is 7.11 Å². The third-order valence-electron chi connectivity index (χ3n) is 3.63. The highest BCUT2D eigenvalue weighted by molar-refractivity contribution is 5.81. The van der Waals surface area contributed by atoms with Gasteiger partial charge in [0.25, 0.3) is 0 Å². The van der Waals surface area contributed by atoms with Crippen LogP contribution in [0.15, 0.2) is 0 Å². The zero-order valence-corrected chi connectivity index (χ0v) is 11.4. The maximum atomic E-state index is 12.1. The largest absolute Gasteiger partial charge is 0.468 e. The zero-order chi connectivity index (χ0) is 13.3. The van der Waals surface area contributed by atoms with Crippen molar-refractivity contribution < 1.29 is 9.53 Å². The fourth-order valence-corrected chi connectivity index (χ4v) is 2.45. The first-order chi connectivity index (χ1) is 8.53. The molecule has 0 aromatic carbocycles. The lowest BCUT2D eigenvalue weighted by Gasteiger charge is -2.30. The predicted molar refractivity (Wildman–Crippen MR) is 66.0 cm³/mol. The molecule has 2 rings (SSSR count). The number of nitrogens with one attached hydrogen (secondary N) is 1. The van der Waals surface area contributed by atoms with Gasteiger partial charge in [-0.1, -0.05) is 0 Å². The van der Waals surface area contributed by atoms with Crippen LogP contribution in [0.1, 0.15) is 24.5 Å². The van der Waals surface area contributed by atoms with Gasteiger partial charge in [0, 0.05) is 0 Å². The topological polar surface area (TPSA) is 69.0 Å². The van der Waals surface area contributed by atoms with Gasteiger partial charge in [0.05, 0.1) is 13.7 Å². The van der Waals surface area contributed by atoms with E-state index in [0.29, 0.717) is 12.5 Å². The Kier molecular flexibility index (Phi) is 3.38. The monoisotopic (exact) mass is 252 g/mol. The number of carbonyl (C=O) groups excluding carboxylic acids is 1. The second kappa shape index (κ2) is 4.68. The molecule has 1 aromatic rings. The lowest BCUT2D eigenvalue weighted by molar-refractivity contribution is -0.150. The molecule has 18 heavy (non-hydrogen) atoms. The molecule has 0 aliphatic heterocycles. The van der Waals surface area contributed by atoms with Crippen LogP contribution in [0.25, 0.3) is 0 Å². The number of hydrogen-bond acceptors (Lipinski definition) is 5. The van der Waals surface area contributed by atoms with Gasteiger partial charge in [0.15, 0.2) is 0 Å². The minimum absolute atomic E-state index is 0.222. The molecule has 6 nitrogen and oxygen atoms in total. The lowest BCUT2D eigenvalue weighted by atomic mass is 9.93. The Hall–Kier alpha value is -1.43. The molecule has 100 valence electrons. The van der Waals surface area contributed by atoms with E-state index in [-0.39, 0.29) is 5.97 Å². The molecule has 1 N–H and O–H groups in total. The lowest BCUT2D eigenvalue weighted by Crippen LogP contribution is -2.56. The van der Waals surface area contributed by atoms with Crippen LogP contribution in [-0.2, 0) is 16.1 Å². The van der Waals surface area contributed by atoms with Crippen LogP contribution in [0.3, 0.4) is 0 Å². The quantitative estimate of drug-likeness (QED) is 0.770. The first-order valence-corrected chi connectivity index (χ1v) is 6.19. The Bertz CT molecular complexity index is 453. The van der Waals surface area contributed by atoms with Crippen molar-refractivity contribution in [3.63, 3.8) is 0 Å². The summed E-state index contributed by atoms with van der Waals surface area (Å²) >= 11 is 0. The van der Waals surface area contributed by atoms with Crippen LogP contribution in [0.5, 0.6) is 0 Å². The number of aromatic nitrogens is 3. The maximum Gasteiger partial charge on any atom is 0.328 e. The van der Waals surface area contributed by atoms with E-state index < -0.39 is 5.54 Å². The molecule has 0 amide bonds. The number of methoxy groups -OCH3 is 1. The Morgan fingerprint density at radius 3 is 2.61 bits per heavy atom. The van der Waals surface area contributed by atoms with E-state index in [4.69, 9.17) is 4.74 Å². The third-order valence-corrected chi connectivity index (χ3v) is 3.63. The van der Waals surface area contributed by atoms with Crippen LogP contribution in [0.2, 0.25) is 0 Å². The Morgan fingerprint density at radius 1 is 1.56 bits per heavy atom. The summed E-state index contributed by atoms with van der Waals surface area (Å²) in [6.07, 6.45) is 2.09. The molecule has 0 radical (unpaired) electrons. The number of likely N-dealkylation sites (N-methyl/N-ethyl adjacent to an activating group) is 1. The summed E-state index contributed by atoms with van der Waals surface area (Å²) in [7, 11) is 3.23. The number of esters is 1. The fraction of sp³-hybridized carbons (Fsp3) is 0.750. The van der Waals surface area contributed by atoms with Crippen molar-refractivity contribution in [2.45, 2.75) is 38.8 Å². The van der Waals surface area contributed by atoms with Crippen molar-refractivity contribution in [2.75, 3.05) is 14.2 Å². The molecule has 1 unspecified atom stereocenters. The molecule has 1 atom stereocenters. The highest BCUT2D eigenvalue weighted by atomic mass is 16.5. The highest BCUT2D eigenvalue weighted by Gasteiger charge is 2.51. The number of nitrogens with zero attached hydrogens (tertiary/aromatic N) is 3. The minimum Gasteiger partial charge on any atom is -0.468 e. The van der Waals surface area contributed by atoms with Gasteiger partial charge >= 0.3 is 5.97 Å². The Balaban J connectivity index is 2.30. The summed E-state index contributed by atoms with van der Waals surface area (Å²) < 4.78 is 6.74. The second-order valence-electron chi connectivity index (χ2n) is 4.85. The van der Waals surface area contributed by atoms with Gasteiger partial charge in [-0.2, -0.15) is 5.10 Å². The first kappa shape index (κ1) is 13.0. The molecule has 6 heteroatoms. The SMILES string of the molecule is CNC(Cn1nc(C)nc1C)(C(=O)OC)C1CC1. The molecular formula is C12H20N4O2. The van der Waals surface area contributed by atoms with Crippen molar-refractivity contribution in [3.8, 4) is 0 Å².